The van der Waals surface area contributed by atoms with Crippen molar-refractivity contribution in [1.82, 2.24) is 0 Å². The molecular weight excluding hydrogens is 397 g/mol. The van der Waals surface area contributed by atoms with Crippen molar-refractivity contribution in [1.29, 1.82) is 0 Å². The van der Waals surface area contributed by atoms with Crippen molar-refractivity contribution in [3.8, 4) is 0 Å². The van der Waals surface area contributed by atoms with Gasteiger partial charge in [0.1, 0.15) is 0 Å². The molecule has 1 fully saturated rings. The Morgan fingerprint density at radius 2 is 1.09 bits per heavy atom. The summed E-state index contributed by atoms with van der Waals surface area (Å²) in [5.74, 6) is 0. The van der Waals surface area contributed by atoms with E-state index in [1.54, 1.807) is 19.6 Å². The van der Waals surface area contributed by atoms with Crippen LogP contribution in [0, 0.1) is 0 Å². The summed E-state index contributed by atoms with van der Waals surface area (Å²) in [6.45, 7) is 6.38. The van der Waals surface area contributed by atoms with Gasteiger partial charge in [0.15, 0.2) is 0 Å². The van der Waals surface area contributed by atoms with E-state index < -0.39 is 44.7 Å². The van der Waals surface area contributed by atoms with Crippen LogP contribution in [-0.2, 0) is 38.3 Å². The Morgan fingerprint density at radius 3 is 1.48 bits per heavy atom. The normalized spacial score (nSPS) is 46.6. The molecule has 1 N–H and O–H groups in total. The summed E-state index contributed by atoms with van der Waals surface area (Å²) in [7, 11) is -10.3. The van der Waals surface area contributed by atoms with Gasteiger partial charge >= 0.3 is 44.7 Å². The molecule has 1 heterocycles. The predicted octanol–water partition coefficient (Wildman–Crippen LogP) is -0.347. The molecule has 0 aliphatic carbocycles. The molecular formula is C8H26O10Si5. The third-order valence-electron chi connectivity index (χ3n) is 3.05. The standard InChI is InChI=1S/C8H26O10Si5/c1-10-19-14-21(6,11-2)16-20(5,9)17-23(8,13-4)18-22(7,12-3)15-19/h9,19H,1-8H3. The van der Waals surface area contributed by atoms with Crippen molar-refractivity contribution in [2.24, 2.45) is 0 Å². The predicted molar refractivity (Wildman–Crippen MR) is 89.3 cm³/mol. The number of rotatable bonds is 4. The first kappa shape index (κ1) is 21.7. The number of hydrogen-bond acceptors (Lipinski definition) is 10. The SMILES string of the molecule is CO[SiH]1O[Si](C)(OC)O[Si](C)(O)O[Si](C)(OC)O[Si](C)(OC)O1. The van der Waals surface area contributed by atoms with Gasteiger partial charge in [-0.1, -0.05) is 0 Å². The molecule has 0 aromatic carbocycles. The summed E-state index contributed by atoms with van der Waals surface area (Å²) in [6, 6.07) is 0. The molecule has 0 radical (unpaired) electrons. The summed E-state index contributed by atoms with van der Waals surface area (Å²) in [6.07, 6.45) is 0. The minimum atomic E-state index is -3.66. The Labute approximate surface area is 142 Å². The smallest absolute Gasteiger partial charge is 0.391 e. The minimum Gasteiger partial charge on any atom is -0.391 e. The van der Waals surface area contributed by atoms with Crippen molar-refractivity contribution >= 4 is 44.7 Å². The molecule has 23 heavy (non-hydrogen) atoms. The van der Waals surface area contributed by atoms with Gasteiger partial charge in [-0.05, 0) is 0 Å². The van der Waals surface area contributed by atoms with Gasteiger partial charge in [-0.25, -0.2) is 0 Å². The van der Waals surface area contributed by atoms with Crippen LogP contribution in [0.1, 0.15) is 0 Å². The zero-order valence-corrected chi connectivity index (χ0v) is 19.9. The van der Waals surface area contributed by atoms with Gasteiger partial charge < -0.3 is 43.1 Å². The highest BCUT2D eigenvalue weighted by Gasteiger charge is 2.58. The van der Waals surface area contributed by atoms with E-state index in [4.69, 9.17) is 38.3 Å². The molecule has 0 bridgehead atoms. The van der Waals surface area contributed by atoms with E-state index in [2.05, 4.69) is 0 Å². The first-order chi connectivity index (χ1) is 10.4. The Hall–Kier alpha value is 0.684. The molecule has 138 valence electrons. The van der Waals surface area contributed by atoms with Crippen molar-refractivity contribution in [3.05, 3.63) is 0 Å². The fourth-order valence-corrected chi connectivity index (χ4v) is 18.7. The van der Waals surface area contributed by atoms with Gasteiger partial charge in [-0.3, -0.25) is 0 Å². The van der Waals surface area contributed by atoms with Crippen LogP contribution in [0.25, 0.3) is 0 Å². The molecule has 0 saturated carbocycles. The highest BCUT2D eigenvalue weighted by atomic mass is 28.5. The highest BCUT2D eigenvalue weighted by Crippen LogP contribution is 2.27. The average molecular weight is 423 g/mol. The minimum absolute atomic E-state index is 1.43. The fraction of sp³-hybridized carbons (Fsp3) is 1.00. The molecule has 0 aromatic rings. The third kappa shape index (κ3) is 6.16. The molecule has 5 atom stereocenters. The van der Waals surface area contributed by atoms with Crippen LogP contribution in [0.15, 0.2) is 0 Å². The lowest BCUT2D eigenvalue weighted by Crippen LogP contribution is -2.66. The molecule has 5 unspecified atom stereocenters. The van der Waals surface area contributed by atoms with Gasteiger partial charge in [0, 0.05) is 54.6 Å². The Bertz CT molecular complexity index is 403. The van der Waals surface area contributed by atoms with E-state index in [1.807, 2.05) is 0 Å². The molecule has 1 aliphatic heterocycles. The molecule has 15 heteroatoms. The monoisotopic (exact) mass is 422 g/mol. The third-order valence-corrected chi connectivity index (χ3v) is 19.6. The Kier molecular flexibility index (Phi) is 7.49. The molecule has 1 aliphatic rings. The van der Waals surface area contributed by atoms with Crippen molar-refractivity contribution in [2.75, 3.05) is 28.4 Å². The molecule has 0 aromatic heterocycles. The lowest BCUT2D eigenvalue weighted by Gasteiger charge is -2.41. The first-order valence-electron chi connectivity index (χ1n) is 6.81. The van der Waals surface area contributed by atoms with E-state index in [0.29, 0.717) is 0 Å². The zero-order chi connectivity index (χ0) is 17.9. The lowest BCUT2D eigenvalue weighted by molar-refractivity contribution is 0.0634. The van der Waals surface area contributed by atoms with Gasteiger partial charge in [-0.2, -0.15) is 0 Å². The second-order valence-electron chi connectivity index (χ2n) is 5.16. The van der Waals surface area contributed by atoms with E-state index >= 15 is 0 Å². The van der Waals surface area contributed by atoms with E-state index in [1.165, 1.54) is 35.0 Å². The second kappa shape index (κ2) is 7.93. The van der Waals surface area contributed by atoms with Crippen molar-refractivity contribution in [3.63, 3.8) is 0 Å². The van der Waals surface area contributed by atoms with Crippen LogP contribution >= 0.6 is 0 Å². The Balaban J connectivity index is 3.25. The summed E-state index contributed by atoms with van der Waals surface area (Å²) >= 11 is 0. The van der Waals surface area contributed by atoms with E-state index in [-0.39, 0.29) is 0 Å². The lowest BCUT2D eigenvalue weighted by atomic mass is 11.8. The summed E-state index contributed by atoms with van der Waals surface area (Å²) in [5, 5.41) is 0. The van der Waals surface area contributed by atoms with Crippen molar-refractivity contribution in [2.45, 2.75) is 26.2 Å². The van der Waals surface area contributed by atoms with Crippen LogP contribution in [-0.4, -0.2) is 78.0 Å². The van der Waals surface area contributed by atoms with Gasteiger partial charge in [0.05, 0.1) is 0 Å². The summed E-state index contributed by atoms with van der Waals surface area (Å²) in [4.78, 5) is 10.6. The van der Waals surface area contributed by atoms with Gasteiger partial charge in [0.2, 0.25) is 0 Å². The van der Waals surface area contributed by atoms with Crippen LogP contribution in [0.5, 0.6) is 0 Å². The average Bonchev–Trinajstić information content (AvgIpc) is 2.44. The quantitative estimate of drug-likeness (QED) is 0.605. The maximum atomic E-state index is 10.6. The first-order valence-corrected chi connectivity index (χ1v) is 17.2. The summed E-state index contributed by atoms with van der Waals surface area (Å²) in [5.41, 5.74) is 0. The molecule has 1 rings (SSSR count). The van der Waals surface area contributed by atoms with Crippen LogP contribution in [0.2, 0.25) is 26.2 Å². The van der Waals surface area contributed by atoms with E-state index in [0.717, 1.165) is 0 Å². The highest BCUT2D eigenvalue weighted by molar-refractivity contribution is 6.85. The number of hydrogen-bond donors (Lipinski definition) is 1. The molecule has 10 nitrogen and oxygen atoms in total. The van der Waals surface area contributed by atoms with E-state index in [9.17, 15) is 4.80 Å². The van der Waals surface area contributed by atoms with Gasteiger partial charge in [-0.15, -0.1) is 0 Å². The van der Waals surface area contributed by atoms with Crippen LogP contribution in [0.4, 0.5) is 0 Å². The molecule has 0 amide bonds. The largest absolute Gasteiger partial charge is 0.482 e. The maximum absolute atomic E-state index is 10.6. The molecule has 1 saturated heterocycles. The fourth-order valence-electron chi connectivity index (χ4n) is 1.85. The van der Waals surface area contributed by atoms with Gasteiger partial charge in [0.25, 0.3) is 0 Å². The van der Waals surface area contributed by atoms with Crippen LogP contribution in [0.3, 0.4) is 0 Å². The zero-order valence-electron chi connectivity index (χ0n) is 14.7. The second-order valence-corrected chi connectivity index (χ2v) is 18.7. The van der Waals surface area contributed by atoms with Crippen LogP contribution < -0.4 is 0 Å². The summed E-state index contributed by atoms with van der Waals surface area (Å²) < 4.78 is 50.4. The van der Waals surface area contributed by atoms with Crippen molar-refractivity contribution < 1.29 is 43.1 Å². The molecule has 0 spiro atoms. The topological polar surface area (TPSA) is 103 Å². The Morgan fingerprint density at radius 1 is 0.696 bits per heavy atom. The maximum Gasteiger partial charge on any atom is 0.482 e.